The molecule has 8 heavy (non-hydrogen) atoms. The summed E-state index contributed by atoms with van der Waals surface area (Å²) in [4.78, 5) is 0. The fourth-order valence-electron chi connectivity index (χ4n) is 0. The number of halogens is 3. The average Bonchev–Trinajstić information content (AvgIpc) is 1.81. The maximum atomic E-state index is 7.72. The molecule has 0 atom stereocenters. The third-order valence-electron chi connectivity index (χ3n) is 0. The predicted molar refractivity (Wildman–Crippen MR) is 17.6 cm³/mol. The molecule has 0 radical (unpaired) electrons. The maximum Gasteiger partial charge on any atom is 2.00 e. The van der Waals surface area contributed by atoms with Gasteiger partial charge in [0, 0.05) is 0 Å². The van der Waals surface area contributed by atoms with Gasteiger partial charge in [0.2, 0.25) is 0 Å². The van der Waals surface area contributed by atoms with Crippen LogP contribution in [0.15, 0.2) is 0 Å². The van der Waals surface area contributed by atoms with Crippen molar-refractivity contribution in [3.8, 4) is 0 Å². The standard InChI is InChI=1S/3ClO.Na.Pd/c3*1-2;;/q3*-1;+1;+2. The van der Waals surface area contributed by atoms with E-state index in [4.69, 9.17) is 14.0 Å². The summed E-state index contributed by atoms with van der Waals surface area (Å²) in [5.74, 6) is 0. The molecule has 0 aromatic carbocycles. The molecular weight excluding hydrogens is 284 g/mol. The first-order chi connectivity index (χ1) is 3.00. The Morgan fingerprint density at radius 2 is 0.625 bits per heavy atom. The van der Waals surface area contributed by atoms with E-state index in [1.54, 1.807) is 0 Å². The van der Waals surface area contributed by atoms with E-state index in [1.165, 1.54) is 0 Å². The summed E-state index contributed by atoms with van der Waals surface area (Å²) in [6.45, 7) is 0. The summed E-state index contributed by atoms with van der Waals surface area (Å²) in [7, 11) is 0. The Bertz CT molecular complexity index is 14.5. The Kier molecular flexibility index (Phi) is 451. The largest absolute Gasteiger partial charge is 2.00 e. The van der Waals surface area contributed by atoms with Crippen LogP contribution in [0.3, 0.4) is 0 Å². The predicted octanol–water partition coefficient (Wildman–Crippen LogP) is -4.50. The van der Waals surface area contributed by atoms with E-state index in [2.05, 4.69) is 35.6 Å². The second kappa shape index (κ2) is 114. The molecule has 0 aromatic heterocycles. The zero-order valence-electron chi connectivity index (χ0n) is 3.67. The first-order valence-corrected chi connectivity index (χ1v) is 1.39. The summed E-state index contributed by atoms with van der Waals surface area (Å²) in [5.41, 5.74) is 0. The van der Waals surface area contributed by atoms with Gasteiger partial charge in [-0.3, -0.25) is 0 Å². The van der Waals surface area contributed by atoms with Gasteiger partial charge in [-0.1, -0.05) is 0 Å². The third-order valence-corrected chi connectivity index (χ3v) is 0. The summed E-state index contributed by atoms with van der Waals surface area (Å²) in [5, 5.41) is 0. The summed E-state index contributed by atoms with van der Waals surface area (Å²) in [6, 6.07) is 0. The van der Waals surface area contributed by atoms with Crippen molar-refractivity contribution in [1.82, 2.24) is 0 Å². The van der Waals surface area contributed by atoms with Gasteiger partial charge in [0.05, 0.1) is 0 Å². The Balaban J connectivity index is -0.00000000500. The van der Waals surface area contributed by atoms with Gasteiger partial charge in [0.15, 0.2) is 0 Å². The second-order valence-electron chi connectivity index (χ2n) is 0. The molecule has 0 heterocycles. The minimum atomic E-state index is 0. The molecule has 0 saturated heterocycles. The van der Waals surface area contributed by atoms with Gasteiger partial charge >= 0.3 is 50.0 Å². The van der Waals surface area contributed by atoms with Crippen LogP contribution in [0.1, 0.15) is 0 Å². The third kappa shape index (κ3) is 79.4. The quantitative estimate of drug-likeness (QED) is 0.421. The molecule has 0 aromatic rings. The Labute approximate surface area is 98.4 Å². The van der Waals surface area contributed by atoms with Crippen LogP contribution in [0.4, 0.5) is 0 Å². The Morgan fingerprint density at radius 1 is 0.625 bits per heavy atom. The van der Waals surface area contributed by atoms with Gasteiger partial charge < -0.3 is 14.0 Å². The van der Waals surface area contributed by atoms with E-state index in [0.717, 1.165) is 0 Å². The maximum absolute atomic E-state index is 7.72. The van der Waals surface area contributed by atoms with Crippen LogP contribution in [-0.2, 0) is 20.4 Å². The summed E-state index contributed by atoms with van der Waals surface area (Å²) >= 11 is 10.2. The molecule has 0 bridgehead atoms. The van der Waals surface area contributed by atoms with Crippen molar-refractivity contribution in [3.63, 3.8) is 0 Å². The first-order valence-electron chi connectivity index (χ1n) is 0.463. The monoisotopic (exact) mass is 282 g/mol. The van der Waals surface area contributed by atoms with Crippen LogP contribution in [-0.4, -0.2) is 0 Å². The molecule has 0 spiro atoms. The molecule has 0 N–H and O–H groups in total. The second-order valence-corrected chi connectivity index (χ2v) is 0. The first kappa shape index (κ1) is 31.5. The van der Waals surface area contributed by atoms with Crippen molar-refractivity contribution in [2.75, 3.05) is 0 Å². The Hall–Kier alpha value is 2.41. The van der Waals surface area contributed by atoms with Crippen LogP contribution in [0.25, 0.3) is 0 Å². The molecule has 0 fully saturated rings. The molecule has 0 aliphatic carbocycles. The average molecular weight is 284 g/mol. The molecule has 8 heteroatoms. The molecule has 0 aliphatic rings. The van der Waals surface area contributed by atoms with Crippen molar-refractivity contribution in [2.45, 2.75) is 0 Å². The van der Waals surface area contributed by atoms with Gasteiger partial charge in [-0.05, 0) is 0 Å². The van der Waals surface area contributed by atoms with Crippen molar-refractivity contribution >= 4 is 35.6 Å². The molecule has 3 nitrogen and oxygen atoms in total. The fraction of sp³-hybridized carbons (Fsp3) is 0. The molecule has 0 rings (SSSR count). The molecule has 50 valence electrons. The van der Waals surface area contributed by atoms with Crippen LogP contribution in [0.5, 0.6) is 0 Å². The topological polar surface area (TPSA) is 69.2 Å². The van der Waals surface area contributed by atoms with E-state index in [0.29, 0.717) is 0 Å². The molecule has 0 amide bonds. The van der Waals surface area contributed by atoms with Gasteiger partial charge in [-0.25, -0.2) is 35.6 Å². The van der Waals surface area contributed by atoms with Crippen molar-refractivity contribution in [1.29, 1.82) is 0 Å². The van der Waals surface area contributed by atoms with Gasteiger partial charge in [0.25, 0.3) is 0 Å². The van der Waals surface area contributed by atoms with E-state index < -0.39 is 0 Å². The summed E-state index contributed by atoms with van der Waals surface area (Å²) < 4.78 is 23.2. The van der Waals surface area contributed by atoms with Crippen molar-refractivity contribution < 1.29 is 64.0 Å². The number of hydrogen-bond acceptors (Lipinski definition) is 3. The number of rotatable bonds is 0. The SMILES string of the molecule is [Na+].[O-]Cl.[O-]Cl.[O-]Cl.[Pd+2]. The Morgan fingerprint density at radius 3 is 0.625 bits per heavy atom. The van der Waals surface area contributed by atoms with Crippen LogP contribution < -0.4 is 43.5 Å². The van der Waals surface area contributed by atoms with Gasteiger partial charge in [0.1, 0.15) is 0 Å². The molecule has 0 saturated carbocycles. The zero-order chi connectivity index (χ0) is 6.00. The number of hydrogen-bond donors (Lipinski definition) is 0. The molecule has 0 unspecified atom stereocenters. The molecule has 0 aliphatic heterocycles. The normalized spacial score (nSPS) is 2.25. The van der Waals surface area contributed by atoms with Crippen LogP contribution >= 0.6 is 35.6 Å². The minimum absolute atomic E-state index is 0. The summed E-state index contributed by atoms with van der Waals surface area (Å²) in [6.07, 6.45) is 0. The fourth-order valence-corrected chi connectivity index (χ4v) is 0. The minimum Gasteiger partial charge on any atom is -0.769 e. The van der Waals surface area contributed by atoms with Gasteiger partial charge in [-0.15, -0.1) is 0 Å². The van der Waals surface area contributed by atoms with Crippen molar-refractivity contribution in [2.24, 2.45) is 0 Å². The van der Waals surface area contributed by atoms with Gasteiger partial charge in [-0.2, -0.15) is 0 Å². The van der Waals surface area contributed by atoms with E-state index in [-0.39, 0.29) is 50.0 Å². The van der Waals surface area contributed by atoms with E-state index in [9.17, 15) is 0 Å². The van der Waals surface area contributed by atoms with E-state index >= 15 is 0 Å². The van der Waals surface area contributed by atoms with E-state index in [1.807, 2.05) is 0 Å². The smallest absolute Gasteiger partial charge is 0.769 e. The molecular formula is Cl3NaO3Pd. The van der Waals surface area contributed by atoms with Crippen LogP contribution in [0.2, 0.25) is 0 Å². The van der Waals surface area contributed by atoms with Crippen molar-refractivity contribution in [3.05, 3.63) is 0 Å². The zero-order valence-corrected chi connectivity index (χ0v) is 9.50. The van der Waals surface area contributed by atoms with Crippen LogP contribution in [0, 0.1) is 0 Å².